The lowest BCUT2D eigenvalue weighted by atomic mass is 9.84. The zero-order chi connectivity index (χ0) is 14.9. The molecule has 0 amide bonds. The van der Waals surface area contributed by atoms with Gasteiger partial charge in [0.25, 0.3) is 0 Å². The minimum atomic E-state index is -1.09. The molecule has 1 unspecified atom stereocenters. The van der Waals surface area contributed by atoms with Crippen LogP contribution in [0.25, 0.3) is 0 Å². The van der Waals surface area contributed by atoms with Crippen LogP contribution >= 0.6 is 0 Å². The summed E-state index contributed by atoms with van der Waals surface area (Å²) in [5, 5.41) is 16.9. The minimum absolute atomic E-state index is 0.0509. The number of hydrogen-bond acceptors (Lipinski definition) is 6. The summed E-state index contributed by atoms with van der Waals surface area (Å²) >= 11 is 0. The van der Waals surface area contributed by atoms with Crippen molar-refractivity contribution in [3.63, 3.8) is 0 Å². The van der Waals surface area contributed by atoms with Gasteiger partial charge in [0.05, 0.1) is 17.3 Å². The van der Waals surface area contributed by atoms with Gasteiger partial charge in [0.2, 0.25) is 0 Å². The van der Waals surface area contributed by atoms with Crippen LogP contribution in [0.2, 0.25) is 0 Å². The van der Waals surface area contributed by atoms with E-state index in [1.54, 1.807) is 4.68 Å². The summed E-state index contributed by atoms with van der Waals surface area (Å²) in [7, 11) is 0. The lowest BCUT2D eigenvalue weighted by molar-refractivity contribution is -0.145. The average Bonchev–Trinajstić information content (AvgIpc) is 2.92. The molecule has 1 aromatic heterocycles. The molecule has 116 valence electrons. The highest BCUT2D eigenvalue weighted by atomic mass is 16.5. The first-order valence-electron chi connectivity index (χ1n) is 7.24. The zero-order valence-electron chi connectivity index (χ0n) is 11.8. The third kappa shape index (κ3) is 2.66. The van der Waals surface area contributed by atoms with Gasteiger partial charge in [-0.3, -0.25) is 0 Å². The Bertz CT molecular complexity index is 519. The second kappa shape index (κ2) is 5.70. The molecular weight excluding hydrogens is 276 g/mol. The van der Waals surface area contributed by atoms with Crippen LogP contribution in [0.5, 0.6) is 0 Å². The normalized spacial score (nSPS) is 25.1. The van der Waals surface area contributed by atoms with Gasteiger partial charge in [0, 0.05) is 26.4 Å². The first-order valence-corrected chi connectivity index (χ1v) is 7.24. The minimum Gasteiger partial charge on any atom is -0.476 e. The molecule has 0 saturated carbocycles. The maximum absolute atomic E-state index is 11.2. The van der Waals surface area contributed by atoms with Crippen molar-refractivity contribution in [1.82, 2.24) is 15.0 Å². The summed E-state index contributed by atoms with van der Waals surface area (Å²) in [6, 6.07) is 0.0796. The topological polar surface area (TPSA) is 112 Å². The van der Waals surface area contributed by atoms with Crippen LogP contribution in [0.3, 0.4) is 0 Å². The molecule has 3 N–H and O–H groups in total. The van der Waals surface area contributed by atoms with Gasteiger partial charge >= 0.3 is 5.97 Å². The Hall–Kier alpha value is -1.51. The lowest BCUT2D eigenvalue weighted by Gasteiger charge is -2.43. The Morgan fingerprint density at radius 2 is 2.19 bits per heavy atom. The van der Waals surface area contributed by atoms with Gasteiger partial charge in [-0.15, -0.1) is 5.10 Å². The first kappa shape index (κ1) is 14.4. The van der Waals surface area contributed by atoms with Crippen LogP contribution in [0, 0.1) is 0 Å². The smallest absolute Gasteiger partial charge is 0.358 e. The van der Waals surface area contributed by atoms with Gasteiger partial charge in [-0.1, -0.05) is 5.21 Å². The molecular formula is C13H20N4O4. The van der Waals surface area contributed by atoms with Crippen molar-refractivity contribution in [2.75, 3.05) is 19.8 Å². The molecule has 0 bridgehead atoms. The summed E-state index contributed by atoms with van der Waals surface area (Å²) in [4.78, 5) is 11.2. The Morgan fingerprint density at radius 3 is 2.86 bits per heavy atom. The van der Waals surface area contributed by atoms with E-state index in [-0.39, 0.29) is 23.9 Å². The SMILES string of the molecule is NCc1c(C(=O)O)nnn1C1CCOC2(CCOCC2)C1. The molecule has 2 fully saturated rings. The van der Waals surface area contributed by atoms with E-state index < -0.39 is 5.97 Å². The number of aromatic carboxylic acids is 1. The maximum atomic E-state index is 11.2. The molecule has 0 aliphatic carbocycles. The van der Waals surface area contributed by atoms with Gasteiger partial charge in [-0.2, -0.15) is 0 Å². The van der Waals surface area contributed by atoms with Crippen LogP contribution in [0.4, 0.5) is 0 Å². The maximum Gasteiger partial charge on any atom is 0.358 e. The lowest BCUT2D eigenvalue weighted by Crippen LogP contribution is -2.45. The second-order valence-corrected chi connectivity index (χ2v) is 5.63. The van der Waals surface area contributed by atoms with E-state index in [4.69, 9.17) is 20.3 Å². The number of rotatable bonds is 3. The molecule has 2 aliphatic rings. The quantitative estimate of drug-likeness (QED) is 0.826. The Labute approximate surface area is 122 Å². The van der Waals surface area contributed by atoms with E-state index in [0.717, 1.165) is 25.7 Å². The van der Waals surface area contributed by atoms with E-state index >= 15 is 0 Å². The molecule has 8 nitrogen and oxygen atoms in total. The summed E-state index contributed by atoms with van der Waals surface area (Å²) in [6.07, 6.45) is 3.31. The van der Waals surface area contributed by atoms with Crippen LogP contribution in [-0.4, -0.2) is 51.5 Å². The monoisotopic (exact) mass is 296 g/mol. The zero-order valence-corrected chi connectivity index (χ0v) is 11.8. The van der Waals surface area contributed by atoms with Crippen molar-refractivity contribution < 1.29 is 19.4 Å². The Morgan fingerprint density at radius 1 is 1.43 bits per heavy atom. The number of aromatic nitrogens is 3. The molecule has 3 rings (SSSR count). The largest absolute Gasteiger partial charge is 0.476 e. The van der Waals surface area contributed by atoms with Crippen molar-refractivity contribution in [3.8, 4) is 0 Å². The van der Waals surface area contributed by atoms with Crippen molar-refractivity contribution in [3.05, 3.63) is 11.4 Å². The Kier molecular flexibility index (Phi) is 3.92. The number of nitrogens with two attached hydrogens (primary N) is 1. The van der Waals surface area contributed by atoms with Gasteiger partial charge in [-0.25, -0.2) is 9.48 Å². The molecule has 8 heteroatoms. The van der Waals surface area contributed by atoms with E-state index in [9.17, 15) is 4.79 Å². The van der Waals surface area contributed by atoms with Gasteiger partial charge in [-0.05, 0) is 25.7 Å². The second-order valence-electron chi connectivity index (χ2n) is 5.63. The van der Waals surface area contributed by atoms with E-state index in [1.165, 1.54) is 0 Å². The van der Waals surface area contributed by atoms with E-state index in [0.29, 0.717) is 25.5 Å². The molecule has 0 aromatic carbocycles. The molecule has 2 aliphatic heterocycles. The van der Waals surface area contributed by atoms with Crippen LogP contribution in [-0.2, 0) is 16.0 Å². The highest BCUT2D eigenvalue weighted by Crippen LogP contribution is 2.39. The summed E-state index contributed by atoms with van der Waals surface area (Å²) in [5.41, 5.74) is 5.95. The summed E-state index contributed by atoms with van der Waals surface area (Å²) in [5.74, 6) is -1.09. The standard InChI is InChI=1S/C13H20N4O4/c14-8-10-11(12(18)19)15-16-17(10)9-1-4-21-13(7-9)2-5-20-6-3-13/h9H,1-8,14H2,(H,18,19). The summed E-state index contributed by atoms with van der Waals surface area (Å²) in [6.45, 7) is 2.15. The van der Waals surface area contributed by atoms with Crippen molar-refractivity contribution in [2.45, 2.75) is 43.9 Å². The predicted molar refractivity (Wildman–Crippen MR) is 71.9 cm³/mol. The molecule has 0 radical (unpaired) electrons. The average molecular weight is 296 g/mol. The fourth-order valence-corrected chi connectivity index (χ4v) is 3.27. The highest BCUT2D eigenvalue weighted by Gasteiger charge is 2.40. The van der Waals surface area contributed by atoms with Crippen LogP contribution in [0.1, 0.15) is 47.9 Å². The van der Waals surface area contributed by atoms with E-state index in [1.807, 2.05) is 0 Å². The van der Waals surface area contributed by atoms with Gasteiger partial charge < -0.3 is 20.3 Å². The molecule has 1 spiro atoms. The number of carbonyl (C=O) groups is 1. The molecule has 3 heterocycles. The van der Waals surface area contributed by atoms with Crippen molar-refractivity contribution >= 4 is 5.97 Å². The van der Waals surface area contributed by atoms with Crippen LogP contribution < -0.4 is 5.73 Å². The fourth-order valence-electron chi connectivity index (χ4n) is 3.27. The van der Waals surface area contributed by atoms with Crippen molar-refractivity contribution in [1.29, 1.82) is 0 Å². The third-order valence-electron chi connectivity index (χ3n) is 4.40. The van der Waals surface area contributed by atoms with Gasteiger partial charge in [0.1, 0.15) is 0 Å². The fraction of sp³-hybridized carbons (Fsp3) is 0.769. The predicted octanol–water partition coefficient (Wildman–Crippen LogP) is 0.336. The van der Waals surface area contributed by atoms with E-state index in [2.05, 4.69) is 10.3 Å². The number of hydrogen-bond donors (Lipinski definition) is 2. The van der Waals surface area contributed by atoms with Gasteiger partial charge in [0.15, 0.2) is 5.69 Å². The number of ether oxygens (including phenoxy) is 2. The molecule has 21 heavy (non-hydrogen) atoms. The molecule has 1 atom stereocenters. The number of nitrogens with zero attached hydrogens (tertiary/aromatic N) is 3. The highest BCUT2D eigenvalue weighted by molar-refractivity contribution is 5.86. The summed E-state index contributed by atoms with van der Waals surface area (Å²) < 4.78 is 13.1. The number of carboxylic acids is 1. The first-order chi connectivity index (χ1) is 10.2. The number of carboxylic acid groups (broad SMARTS) is 1. The Balaban J connectivity index is 1.84. The molecule has 1 aromatic rings. The van der Waals surface area contributed by atoms with Crippen LogP contribution in [0.15, 0.2) is 0 Å². The van der Waals surface area contributed by atoms with Crippen molar-refractivity contribution in [2.24, 2.45) is 5.73 Å². The third-order valence-corrected chi connectivity index (χ3v) is 4.40. The molecule has 2 saturated heterocycles.